The first-order valence-corrected chi connectivity index (χ1v) is 36.0. The van der Waals surface area contributed by atoms with Gasteiger partial charge in [0, 0.05) is 128 Å². The number of carbonyl (C=O) groups is 8. The number of fused-ring (bicyclic) bond motifs is 4. The Hall–Kier alpha value is -14.2. The van der Waals surface area contributed by atoms with E-state index in [1.807, 2.05) is 121 Å². The second kappa shape index (κ2) is 37.2. The highest BCUT2D eigenvalue weighted by Crippen LogP contribution is 2.27. The second-order valence-corrected chi connectivity index (χ2v) is 26.4. The zero-order valence-electron chi connectivity index (χ0n) is 61.8. The first-order chi connectivity index (χ1) is 54.8. The minimum atomic E-state index is -1.07. The largest absolute Gasteiger partial charge is 0.476 e. The van der Waals surface area contributed by atoms with Crippen molar-refractivity contribution in [3.63, 3.8) is 0 Å². The van der Waals surface area contributed by atoms with Gasteiger partial charge in [-0.05, 0) is 73.6 Å². The predicted molar refractivity (Wildman–Crippen MR) is 407 cm³/mol. The summed E-state index contributed by atoms with van der Waals surface area (Å²) in [6, 6.07) is 42.7. The zero-order valence-corrected chi connectivity index (χ0v) is 61.8. The van der Waals surface area contributed by atoms with Gasteiger partial charge in [-0.25, -0.2) is 24.7 Å². The number of anilines is 4. The van der Waals surface area contributed by atoms with Gasteiger partial charge in [-0.15, -0.1) is 0 Å². The Labute approximate surface area is 646 Å². The number of carboxylic acids is 1. The van der Waals surface area contributed by atoms with E-state index in [9.17, 15) is 38.4 Å². The fourth-order valence-electron chi connectivity index (χ4n) is 12.6. The summed E-state index contributed by atoms with van der Waals surface area (Å²) in [6.45, 7) is 0. The Balaban J connectivity index is 0.000000134. The number of nitrogens with two attached hydrogens (primary N) is 1. The van der Waals surface area contributed by atoms with Gasteiger partial charge in [0.2, 0.25) is 5.91 Å². The zero-order chi connectivity index (χ0) is 79.3. The third-order valence-electron chi connectivity index (χ3n) is 18.5. The predicted octanol–water partition coefficient (Wildman–Crippen LogP) is 6.97. The van der Waals surface area contributed by atoms with Crippen molar-refractivity contribution in [3.8, 4) is 0 Å². The third kappa shape index (κ3) is 20.4. The van der Waals surface area contributed by atoms with Crippen LogP contribution in [0, 0.1) is 0 Å². The van der Waals surface area contributed by atoms with E-state index in [1.165, 1.54) is 25.7 Å². The maximum atomic E-state index is 12.7. The lowest BCUT2D eigenvalue weighted by Gasteiger charge is -2.20. The fraction of sp³-hybridized carbons (Fsp3) is 0.250. The second-order valence-electron chi connectivity index (χ2n) is 26.4. The number of aromatic nitrogens is 12. The number of carbonyl (C=O) groups excluding carboxylic acids is 7. The van der Waals surface area contributed by atoms with Crippen molar-refractivity contribution in [3.05, 3.63) is 286 Å². The standard InChI is InChI=1S/3C20H19N5O3.C11H9NO3.C9H12N4O/c3*1-25-18-15(21-9-10-22-18)7-8-16(20(25)27)23-19(26)17-12-14(28-24-17)11-13-5-3-2-4-6-13;13-11(14)10-7-9(15-12-10)6-8-4-2-1-3-5-8;1-13-8-7(11-4-5-12-8)3-2-6(10)9(13)14/h3*2-6,9-10,12,16H,7-8,11H2,1H3,(H,23,26);1-5,7H,6H2,(H,13,14);4-6H,2-3,10H2,1H3/t2*16-;;;/m10.../s1. The van der Waals surface area contributed by atoms with Crippen molar-refractivity contribution >= 4 is 70.6 Å². The van der Waals surface area contributed by atoms with Crippen LogP contribution in [0.4, 0.5) is 23.3 Å². The summed E-state index contributed by atoms with van der Waals surface area (Å²) in [5, 5.41) is 31.9. The minimum Gasteiger partial charge on any atom is -0.476 e. The van der Waals surface area contributed by atoms with Crippen molar-refractivity contribution in [1.29, 1.82) is 0 Å². The average molecular weight is 1530 g/mol. The molecule has 16 rings (SSSR count). The summed E-state index contributed by atoms with van der Waals surface area (Å²) in [6.07, 6.45) is 19.1. The number of aryl methyl sites for hydroxylation is 4. The van der Waals surface area contributed by atoms with E-state index in [1.54, 1.807) is 96.0 Å². The topological polar surface area (TPSA) is 439 Å². The Morgan fingerprint density at radius 3 is 0.867 bits per heavy atom. The monoisotopic (exact) mass is 1530 g/mol. The Kier molecular flexibility index (Phi) is 25.8. The van der Waals surface area contributed by atoms with Gasteiger partial charge in [0.25, 0.3) is 35.4 Å². The molecule has 0 bridgehead atoms. The van der Waals surface area contributed by atoms with Crippen LogP contribution in [0.3, 0.4) is 0 Å². The molecule has 2 unspecified atom stereocenters. The van der Waals surface area contributed by atoms with E-state index in [0.29, 0.717) is 123 Å². The summed E-state index contributed by atoms with van der Waals surface area (Å²) in [5.74, 6) is 1.31. The van der Waals surface area contributed by atoms with Crippen molar-refractivity contribution in [2.45, 2.75) is 101 Å². The molecule has 4 aliphatic rings. The molecule has 8 aromatic heterocycles. The molecule has 6 N–H and O–H groups in total. The van der Waals surface area contributed by atoms with E-state index in [2.05, 4.69) is 76.4 Å². The summed E-state index contributed by atoms with van der Waals surface area (Å²) < 4.78 is 20.7. The van der Waals surface area contributed by atoms with Gasteiger partial charge in [0.15, 0.2) is 46.0 Å². The number of amides is 7. The molecular weight excluding hydrogens is 1450 g/mol. The number of nitrogens with zero attached hydrogens (tertiary/aromatic N) is 16. The summed E-state index contributed by atoms with van der Waals surface area (Å²) >= 11 is 0. The number of hydrogen-bond acceptors (Lipinski definition) is 25. The molecule has 4 aliphatic heterocycles. The molecule has 0 spiro atoms. The lowest BCUT2D eigenvalue weighted by Crippen LogP contribution is -2.47. The molecule has 4 atom stereocenters. The summed E-state index contributed by atoms with van der Waals surface area (Å²) in [5.41, 5.74) is 13.4. The summed E-state index contributed by atoms with van der Waals surface area (Å²) in [7, 11) is 6.58. The number of likely N-dealkylation sites (N-methyl/N-ethyl adjacent to an activating group) is 4. The molecule has 33 nitrogen and oxygen atoms in total. The van der Waals surface area contributed by atoms with E-state index >= 15 is 0 Å². The van der Waals surface area contributed by atoms with Crippen LogP contribution in [0.15, 0.2) is 213 Å². The molecule has 0 saturated heterocycles. The molecule has 12 heterocycles. The number of carboxylic acid groups (broad SMARTS) is 1. The normalized spacial score (nSPS) is 16.2. The molecular formula is C80H78N20O13. The number of hydrogen-bond donors (Lipinski definition) is 5. The van der Waals surface area contributed by atoms with E-state index in [0.717, 1.165) is 45.0 Å². The Morgan fingerprint density at radius 2 is 0.602 bits per heavy atom. The molecule has 7 amide bonds. The van der Waals surface area contributed by atoms with E-state index in [-0.39, 0.29) is 46.4 Å². The van der Waals surface area contributed by atoms with Crippen molar-refractivity contribution in [2.75, 3.05) is 47.8 Å². The van der Waals surface area contributed by atoms with Gasteiger partial charge in [-0.1, -0.05) is 142 Å². The highest BCUT2D eigenvalue weighted by molar-refractivity contribution is 6.04. The lowest BCUT2D eigenvalue weighted by atomic mass is 10.1. The highest BCUT2D eigenvalue weighted by Gasteiger charge is 2.35. The number of aromatic carboxylic acids is 1. The first kappa shape index (κ1) is 78.3. The van der Waals surface area contributed by atoms with Gasteiger partial charge in [-0.2, -0.15) is 0 Å². The third-order valence-corrected chi connectivity index (χ3v) is 18.5. The van der Waals surface area contributed by atoms with E-state index < -0.39 is 47.9 Å². The number of rotatable bonds is 15. The van der Waals surface area contributed by atoms with Crippen LogP contribution in [0.1, 0.15) is 136 Å². The molecule has 12 aromatic rings. The fourth-order valence-corrected chi connectivity index (χ4v) is 12.6. The van der Waals surface area contributed by atoms with Crippen LogP contribution in [-0.4, -0.2) is 165 Å². The van der Waals surface area contributed by atoms with Crippen LogP contribution < -0.4 is 41.3 Å². The van der Waals surface area contributed by atoms with Crippen molar-refractivity contribution < 1.29 is 61.6 Å². The summed E-state index contributed by atoms with van der Waals surface area (Å²) in [4.78, 5) is 138. The maximum absolute atomic E-state index is 12.7. The van der Waals surface area contributed by atoms with Gasteiger partial charge in [0.1, 0.15) is 41.2 Å². The van der Waals surface area contributed by atoms with E-state index in [4.69, 9.17) is 28.9 Å². The van der Waals surface area contributed by atoms with Crippen LogP contribution in [-0.2, 0) is 70.5 Å². The molecule has 113 heavy (non-hydrogen) atoms. The lowest BCUT2D eigenvalue weighted by molar-refractivity contribution is -0.120. The SMILES string of the molecule is CN1C(=O)C(N)CCc2nccnc21.CN1C(=O)C(NC(=O)c2cc(Cc3ccccc3)on2)CCc2nccnc21.CN1C(=O)[C@@H](NC(=O)c2cc(Cc3ccccc3)on2)CCc2nccnc21.CN1C(=O)[C@H](NC(=O)c2cc(Cc3ccccc3)on2)CCc2nccnc21.O=C(O)c1cc(Cc2ccccc2)on1. The molecule has 33 heteroatoms. The van der Waals surface area contributed by atoms with Crippen molar-refractivity contribution in [2.24, 2.45) is 5.73 Å². The van der Waals surface area contributed by atoms with Crippen LogP contribution in [0.2, 0.25) is 0 Å². The van der Waals surface area contributed by atoms with Gasteiger partial charge in [0.05, 0.1) is 28.8 Å². The van der Waals surface area contributed by atoms with Crippen molar-refractivity contribution in [1.82, 2.24) is 76.4 Å². The number of nitrogens with one attached hydrogen (secondary N) is 3. The minimum absolute atomic E-state index is 0.0547. The Morgan fingerprint density at radius 1 is 0.363 bits per heavy atom. The van der Waals surface area contributed by atoms with Gasteiger partial charge < -0.3 is 44.9 Å². The van der Waals surface area contributed by atoms with Crippen LogP contribution in [0.5, 0.6) is 0 Å². The van der Waals surface area contributed by atoms with Gasteiger partial charge >= 0.3 is 5.97 Å². The maximum Gasteiger partial charge on any atom is 0.358 e. The smallest absolute Gasteiger partial charge is 0.358 e. The molecule has 0 fully saturated rings. The van der Waals surface area contributed by atoms with Crippen LogP contribution in [0.25, 0.3) is 0 Å². The molecule has 0 radical (unpaired) electrons. The number of benzene rings is 4. The average Bonchev–Trinajstić information content (AvgIpc) is 1.72. The molecule has 0 aliphatic carbocycles. The quantitative estimate of drug-likeness (QED) is 0.0691. The molecule has 4 aromatic carbocycles. The van der Waals surface area contributed by atoms with Gasteiger partial charge in [-0.3, -0.25) is 73.1 Å². The highest BCUT2D eigenvalue weighted by atomic mass is 16.5. The first-order valence-electron chi connectivity index (χ1n) is 36.0. The van der Waals surface area contributed by atoms with Crippen LogP contribution >= 0.6 is 0 Å². The Bertz CT molecular complexity index is 4910. The molecule has 576 valence electrons. The molecule has 0 saturated carbocycles.